The smallest absolute Gasteiger partial charge is 0.327 e. The number of carbonyl (C=O) groups excluding carboxylic acids is 2. The average molecular weight is 412 g/mol. The van der Waals surface area contributed by atoms with Crippen molar-refractivity contribution in [2.24, 2.45) is 5.92 Å². The van der Waals surface area contributed by atoms with Crippen molar-refractivity contribution in [3.63, 3.8) is 0 Å². The largest absolute Gasteiger partial charge is 0.497 e. The number of hydrogen-bond donors (Lipinski definition) is 0. The van der Waals surface area contributed by atoms with Crippen LogP contribution in [0.15, 0.2) is 36.4 Å². The molecule has 0 saturated carbocycles. The molecule has 3 aliphatic rings. The molecule has 1 spiro atoms. The number of piperidine rings is 1. The summed E-state index contributed by atoms with van der Waals surface area (Å²) in [6.07, 6.45) is 9.62. The lowest BCUT2D eigenvalue weighted by Gasteiger charge is -2.42. The average Bonchev–Trinajstić information content (AvgIpc) is 2.97. The second kappa shape index (κ2) is 8.80. The van der Waals surface area contributed by atoms with E-state index >= 15 is 0 Å². The van der Waals surface area contributed by atoms with Crippen molar-refractivity contribution in [1.29, 1.82) is 0 Å². The molecule has 4 rings (SSSR count). The van der Waals surface area contributed by atoms with Crippen LogP contribution in [0.3, 0.4) is 0 Å². The maximum atomic E-state index is 13.5. The lowest BCUT2D eigenvalue weighted by Crippen LogP contribution is -2.56. The Bertz CT molecular complexity index is 814. The summed E-state index contributed by atoms with van der Waals surface area (Å²) in [5.74, 6) is 1.42. The molecule has 0 aromatic heterocycles. The minimum absolute atomic E-state index is 0.0302. The van der Waals surface area contributed by atoms with E-state index in [9.17, 15) is 9.59 Å². The van der Waals surface area contributed by atoms with Crippen molar-refractivity contribution in [2.75, 3.05) is 33.3 Å². The van der Waals surface area contributed by atoms with E-state index in [0.717, 1.165) is 56.1 Å². The molecule has 0 N–H and O–H groups in total. The van der Waals surface area contributed by atoms with E-state index in [1.807, 2.05) is 36.1 Å². The second-order valence-electron chi connectivity index (χ2n) is 8.75. The van der Waals surface area contributed by atoms with Gasteiger partial charge >= 0.3 is 6.03 Å². The third kappa shape index (κ3) is 3.85. The first kappa shape index (κ1) is 20.9. The van der Waals surface area contributed by atoms with E-state index < -0.39 is 5.54 Å². The maximum absolute atomic E-state index is 13.5. The van der Waals surface area contributed by atoms with Crippen molar-refractivity contribution in [1.82, 2.24) is 14.7 Å². The first-order valence-electron chi connectivity index (χ1n) is 11.2. The van der Waals surface area contributed by atoms with E-state index in [1.165, 1.54) is 17.7 Å². The van der Waals surface area contributed by atoms with Crippen LogP contribution in [-0.2, 0) is 11.3 Å². The van der Waals surface area contributed by atoms with E-state index in [2.05, 4.69) is 17.1 Å². The number of ether oxygens (including phenoxy) is 1. The number of nitrogens with zero attached hydrogens (tertiary/aromatic N) is 3. The molecule has 2 saturated heterocycles. The van der Waals surface area contributed by atoms with Crippen LogP contribution in [0, 0.1) is 5.92 Å². The van der Waals surface area contributed by atoms with Gasteiger partial charge in [0.05, 0.1) is 13.7 Å². The molecule has 2 aliphatic heterocycles. The van der Waals surface area contributed by atoms with Gasteiger partial charge in [0, 0.05) is 26.2 Å². The van der Waals surface area contributed by atoms with Crippen LogP contribution in [0.4, 0.5) is 4.79 Å². The SMILES string of the molecule is CCN1C(=O)N(Cc2cccc(OC)c2)C(=O)C12CCN(C[C@H]1CC=CCC1)CC2. The highest BCUT2D eigenvalue weighted by atomic mass is 16.5. The van der Waals surface area contributed by atoms with E-state index in [4.69, 9.17) is 4.74 Å². The van der Waals surface area contributed by atoms with Crippen molar-refractivity contribution in [3.8, 4) is 5.75 Å². The molecule has 2 heterocycles. The molecule has 6 heteroatoms. The van der Waals surface area contributed by atoms with Gasteiger partial charge in [0.15, 0.2) is 0 Å². The van der Waals surface area contributed by atoms with Gasteiger partial charge in [-0.2, -0.15) is 0 Å². The van der Waals surface area contributed by atoms with Gasteiger partial charge in [-0.25, -0.2) is 4.79 Å². The van der Waals surface area contributed by atoms with Crippen LogP contribution in [0.25, 0.3) is 0 Å². The Morgan fingerprint density at radius 2 is 1.97 bits per heavy atom. The fraction of sp³-hybridized carbons (Fsp3) is 0.583. The number of likely N-dealkylation sites (N-methyl/N-ethyl adjacent to an activating group) is 1. The Morgan fingerprint density at radius 3 is 2.63 bits per heavy atom. The number of carbonyl (C=O) groups is 2. The molecule has 1 atom stereocenters. The van der Waals surface area contributed by atoms with Crippen LogP contribution in [0.1, 0.15) is 44.6 Å². The Balaban J connectivity index is 1.45. The summed E-state index contributed by atoms with van der Waals surface area (Å²) < 4.78 is 5.29. The predicted molar refractivity (Wildman–Crippen MR) is 116 cm³/mol. The molecule has 0 bridgehead atoms. The first-order valence-corrected chi connectivity index (χ1v) is 11.2. The molecule has 2 fully saturated rings. The zero-order valence-electron chi connectivity index (χ0n) is 18.2. The maximum Gasteiger partial charge on any atom is 0.327 e. The molecular weight excluding hydrogens is 378 g/mol. The third-order valence-electron chi connectivity index (χ3n) is 6.99. The van der Waals surface area contributed by atoms with Gasteiger partial charge in [0.1, 0.15) is 11.3 Å². The topological polar surface area (TPSA) is 53.1 Å². The van der Waals surface area contributed by atoms with Gasteiger partial charge in [-0.05, 0) is 62.6 Å². The van der Waals surface area contributed by atoms with Crippen LogP contribution >= 0.6 is 0 Å². The summed E-state index contributed by atoms with van der Waals surface area (Å²) >= 11 is 0. The summed E-state index contributed by atoms with van der Waals surface area (Å²) in [4.78, 5) is 32.4. The molecule has 0 radical (unpaired) electrons. The highest BCUT2D eigenvalue weighted by Gasteiger charge is 2.57. The number of hydrogen-bond acceptors (Lipinski definition) is 4. The molecule has 162 valence electrons. The Morgan fingerprint density at radius 1 is 1.17 bits per heavy atom. The molecule has 1 aliphatic carbocycles. The standard InChI is InChI=1S/C24H33N3O3/c1-3-27-23(29)26(18-20-10-7-11-21(16-20)30-2)22(28)24(27)12-14-25(15-13-24)17-19-8-5-4-6-9-19/h4-5,7,10-11,16,19H,3,6,8-9,12-15,17-18H2,1-2H3/t19-/m0/s1. The van der Waals surface area contributed by atoms with Crippen molar-refractivity contribution in [3.05, 3.63) is 42.0 Å². The quantitative estimate of drug-likeness (QED) is 0.529. The summed E-state index contributed by atoms with van der Waals surface area (Å²) in [6.45, 7) is 5.69. The highest BCUT2D eigenvalue weighted by molar-refractivity contribution is 6.07. The minimum Gasteiger partial charge on any atom is -0.497 e. The predicted octanol–water partition coefficient (Wildman–Crippen LogP) is 3.67. The monoisotopic (exact) mass is 411 g/mol. The summed E-state index contributed by atoms with van der Waals surface area (Å²) in [6, 6.07) is 7.44. The number of amides is 3. The number of urea groups is 1. The molecule has 30 heavy (non-hydrogen) atoms. The highest BCUT2D eigenvalue weighted by Crippen LogP contribution is 2.38. The van der Waals surface area contributed by atoms with Crippen molar-refractivity contribution < 1.29 is 14.3 Å². The van der Waals surface area contributed by atoms with Crippen molar-refractivity contribution >= 4 is 11.9 Å². The van der Waals surface area contributed by atoms with Crippen LogP contribution in [-0.4, -0.2) is 65.5 Å². The van der Waals surface area contributed by atoms with Gasteiger partial charge < -0.3 is 14.5 Å². The molecule has 1 aromatic carbocycles. The summed E-state index contributed by atoms with van der Waals surface area (Å²) in [5.41, 5.74) is 0.236. The second-order valence-corrected chi connectivity index (χ2v) is 8.75. The number of benzene rings is 1. The van der Waals surface area contributed by atoms with Crippen LogP contribution in [0.2, 0.25) is 0 Å². The molecule has 6 nitrogen and oxygen atoms in total. The lowest BCUT2D eigenvalue weighted by molar-refractivity contribution is -0.136. The Labute approximate surface area is 179 Å². The van der Waals surface area contributed by atoms with Gasteiger partial charge in [-0.15, -0.1) is 0 Å². The molecular formula is C24H33N3O3. The fourth-order valence-corrected chi connectivity index (χ4v) is 5.29. The first-order chi connectivity index (χ1) is 14.6. The number of allylic oxidation sites excluding steroid dienone is 2. The molecule has 0 unspecified atom stereocenters. The van der Waals surface area contributed by atoms with Crippen LogP contribution < -0.4 is 4.74 Å². The van der Waals surface area contributed by atoms with Crippen molar-refractivity contribution in [2.45, 2.75) is 51.1 Å². The van der Waals surface area contributed by atoms with Gasteiger partial charge in [-0.1, -0.05) is 24.3 Å². The molecule has 1 aromatic rings. The zero-order chi connectivity index (χ0) is 21.1. The fourth-order valence-electron chi connectivity index (χ4n) is 5.29. The Kier molecular flexibility index (Phi) is 6.14. The number of likely N-dealkylation sites (tertiary alicyclic amines) is 1. The normalized spacial score (nSPS) is 24.1. The van der Waals surface area contributed by atoms with Gasteiger partial charge in [-0.3, -0.25) is 9.69 Å². The minimum atomic E-state index is -0.673. The van der Waals surface area contributed by atoms with Gasteiger partial charge in [0.25, 0.3) is 5.91 Å². The number of rotatable bonds is 6. The van der Waals surface area contributed by atoms with E-state index in [-0.39, 0.29) is 11.9 Å². The Hall–Kier alpha value is -2.34. The van der Waals surface area contributed by atoms with Gasteiger partial charge in [0.2, 0.25) is 0 Å². The third-order valence-corrected chi connectivity index (χ3v) is 6.99. The van der Waals surface area contributed by atoms with Crippen LogP contribution in [0.5, 0.6) is 5.75 Å². The van der Waals surface area contributed by atoms with E-state index in [1.54, 1.807) is 7.11 Å². The number of methoxy groups -OCH3 is 1. The summed E-state index contributed by atoms with van der Waals surface area (Å²) in [5, 5.41) is 0. The zero-order valence-corrected chi connectivity index (χ0v) is 18.2. The number of imide groups is 1. The molecule has 3 amide bonds. The lowest BCUT2D eigenvalue weighted by atomic mass is 9.84. The summed E-state index contributed by atoms with van der Waals surface area (Å²) in [7, 11) is 1.62. The van der Waals surface area contributed by atoms with E-state index in [0.29, 0.717) is 13.1 Å².